The molecule has 0 aromatic heterocycles. The number of carbonyl (C=O) groups is 1. The highest BCUT2D eigenvalue weighted by atomic mass is 35.5. The third kappa shape index (κ3) is 5.17. The van der Waals surface area contributed by atoms with Gasteiger partial charge in [-0.15, -0.1) is 0 Å². The van der Waals surface area contributed by atoms with Gasteiger partial charge in [0.25, 0.3) is 0 Å². The van der Waals surface area contributed by atoms with E-state index < -0.39 is 0 Å². The van der Waals surface area contributed by atoms with Crippen LogP contribution in [0.15, 0.2) is 12.1 Å². The first-order valence-electron chi connectivity index (χ1n) is 6.35. The maximum absolute atomic E-state index is 12.0. The molecule has 0 aliphatic rings. The fourth-order valence-corrected chi connectivity index (χ4v) is 2.34. The minimum Gasteiger partial charge on any atom is -0.399 e. The van der Waals surface area contributed by atoms with E-state index in [0.29, 0.717) is 34.4 Å². The number of nitrogens with two attached hydrogens (primary N) is 1. The maximum atomic E-state index is 12.0. The van der Waals surface area contributed by atoms with Crippen molar-refractivity contribution in [1.82, 2.24) is 4.90 Å². The molecule has 4 N–H and O–H groups in total. The predicted molar refractivity (Wildman–Crippen MR) is 83.3 cm³/mol. The lowest BCUT2D eigenvalue weighted by Gasteiger charge is -2.19. The molecule has 0 fully saturated rings. The lowest BCUT2D eigenvalue weighted by atomic mass is 10.2. The molecular formula is C13H19Cl2N3O2. The van der Waals surface area contributed by atoms with Crippen LogP contribution < -0.4 is 11.1 Å². The fourth-order valence-electron chi connectivity index (χ4n) is 1.74. The van der Waals surface area contributed by atoms with Crippen LogP contribution in [0.3, 0.4) is 0 Å². The van der Waals surface area contributed by atoms with Gasteiger partial charge >= 0.3 is 0 Å². The Morgan fingerprint density at radius 2 is 2.00 bits per heavy atom. The van der Waals surface area contributed by atoms with E-state index >= 15 is 0 Å². The quantitative estimate of drug-likeness (QED) is 0.673. The standard InChI is InChI=1S/C13H19Cl2N3O2/c1-2-18(4-3-5-19)8-12(20)17-13-10(14)6-9(16)7-11(13)15/h6-7,19H,2-5,8,16H2,1H3,(H,17,20). The van der Waals surface area contributed by atoms with Gasteiger partial charge in [-0.05, 0) is 25.1 Å². The summed E-state index contributed by atoms with van der Waals surface area (Å²) in [5.41, 5.74) is 6.41. The zero-order chi connectivity index (χ0) is 15.1. The Hall–Kier alpha value is -1.01. The van der Waals surface area contributed by atoms with Crippen LogP contribution in [0.2, 0.25) is 10.0 Å². The molecule has 20 heavy (non-hydrogen) atoms. The van der Waals surface area contributed by atoms with Crippen molar-refractivity contribution in [3.63, 3.8) is 0 Å². The van der Waals surface area contributed by atoms with Gasteiger partial charge in [0.15, 0.2) is 0 Å². The monoisotopic (exact) mass is 319 g/mol. The Bertz CT molecular complexity index is 446. The molecule has 0 spiro atoms. The summed E-state index contributed by atoms with van der Waals surface area (Å²) in [5.74, 6) is -0.210. The number of anilines is 2. The number of nitrogens with zero attached hydrogens (tertiary/aromatic N) is 1. The number of carbonyl (C=O) groups excluding carboxylic acids is 1. The van der Waals surface area contributed by atoms with E-state index in [1.54, 1.807) is 0 Å². The lowest BCUT2D eigenvalue weighted by Crippen LogP contribution is -2.34. The fraction of sp³-hybridized carbons (Fsp3) is 0.462. The van der Waals surface area contributed by atoms with Crippen molar-refractivity contribution >= 4 is 40.5 Å². The van der Waals surface area contributed by atoms with Crippen LogP contribution in [0.1, 0.15) is 13.3 Å². The van der Waals surface area contributed by atoms with Gasteiger partial charge in [-0.25, -0.2) is 0 Å². The molecule has 0 aliphatic heterocycles. The van der Waals surface area contributed by atoms with Crippen LogP contribution in [-0.2, 0) is 4.79 Å². The Balaban J connectivity index is 2.66. The molecule has 0 unspecified atom stereocenters. The average molecular weight is 320 g/mol. The molecule has 1 aromatic carbocycles. The van der Waals surface area contributed by atoms with E-state index in [2.05, 4.69) is 5.32 Å². The Morgan fingerprint density at radius 1 is 1.40 bits per heavy atom. The summed E-state index contributed by atoms with van der Waals surface area (Å²) in [6.07, 6.45) is 0.629. The van der Waals surface area contributed by atoms with Gasteiger partial charge in [0, 0.05) is 18.8 Å². The smallest absolute Gasteiger partial charge is 0.238 e. The summed E-state index contributed by atoms with van der Waals surface area (Å²) in [6, 6.07) is 3.07. The van der Waals surface area contributed by atoms with Crippen LogP contribution in [0.25, 0.3) is 0 Å². The number of likely N-dealkylation sites (N-methyl/N-ethyl adjacent to an activating group) is 1. The molecule has 0 aliphatic carbocycles. The second kappa shape index (κ2) is 8.32. The summed E-state index contributed by atoms with van der Waals surface area (Å²) >= 11 is 12.0. The number of hydrogen-bond donors (Lipinski definition) is 3. The topological polar surface area (TPSA) is 78.6 Å². The molecule has 0 saturated carbocycles. The molecule has 0 radical (unpaired) electrons. The number of hydrogen-bond acceptors (Lipinski definition) is 4. The normalized spacial score (nSPS) is 10.8. The molecule has 1 amide bonds. The Labute approximate surface area is 128 Å². The summed E-state index contributed by atoms with van der Waals surface area (Å²) in [4.78, 5) is 13.9. The van der Waals surface area contributed by atoms with Crippen LogP contribution in [0, 0.1) is 0 Å². The van der Waals surface area contributed by atoms with Gasteiger partial charge in [0.1, 0.15) is 0 Å². The first-order chi connectivity index (χ1) is 9.47. The second-order valence-electron chi connectivity index (χ2n) is 4.35. The molecule has 5 nitrogen and oxygen atoms in total. The van der Waals surface area contributed by atoms with Gasteiger partial charge in [0.2, 0.25) is 5.91 Å². The van der Waals surface area contributed by atoms with Crippen LogP contribution >= 0.6 is 23.2 Å². The van der Waals surface area contributed by atoms with Gasteiger partial charge < -0.3 is 16.2 Å². The van der Waals surface area contributed by atoms with E-state index in [4.69, 9.17) is 34.0 Å². The van der Waals surface area contributed by atoms with Crippen molar-refractivity contribution in [2.24, 2.45) is 0 Å². The molecule has 1 aromatic rings. The van der Waals surface area contributed by atoms with Gasteiger partial charge in [-0.3, -0.25) is 9.69 Å². The third-order valence-electron chi connectivity index (χ3n) is 2.78. The zero-order valence-electron chi connectivity index (χ0n) is 11.3. The predicted octanol–water partition coefficient (Wildman–Crippen LogP) is 2.22. The SMILES string of the molecule is CCN(CCCO)CC(=O)Nc1c(Cl)cc(N)cc1Cl. The number of aliphatic hydroxyl groups excluding tert-OH is 1. The maximum Gasteiger partial charge on any atom is 0.238 e. The van der Waals surface area contributed by atoms with Gasteiger partial charge in [-0.1, -0.05) is 30.1 Å². The molecule has 0 saturated heterocycles. The van der Waals surface area contributed by atoms with Crippen molar-refractivity contribution in [3.8, 4) is 0 Å². The number of nitrogens with one attached hydrogen (secondary N) is 1. The van der Waals surface area contributed by atoms with Crippen molar-refractivity contribution in [2.75, 3.05) is 37.3 Å². The largest absolute Gasteiger partial charge is 0.399 e. The first-order valence-corrected chi connectivity index (χ1v) is 7.11. The summed E-state index contributed by atoms with van der Waals surface area (Å²) in [7, 11) is 0. The highest BCUT2D eigenvalue weighted by molar-refractivity contribution is 6.40. The minimum atomic E-state index is -0.210. The number of nitrogen functional groups attached to an aromatic ring is 1. The molecule has 7 heteroatoms. The molecule has 0 atom stereocenters. The highest BCUT2D eigenvalue weighted by Crippen LogP contribution is 2.32. The number of aliphatic hydroxyl groups is 1. The van der Waals surface area contributed by atoms with Crippen molar-refractivity contribution in [1.29, 1.82) is 0 Å². The van der Waals surface area contributed by atoms with Gasteiger partial charge in [-0.2, -0.15) is 0 Å². The lowest BCUT2D eigenvalue weighted by molar-refractivity contribution is -0.117. The van der Waals surface area contributed by atoms with Crippen LogP contribution in [0.4, 0.5) is 11.4 Å². The highest BCUT2D eigenvalue weighted by Gasteiger charge is 2.13. The number of rotatable bonds is 7. The Kier molecular flexibility index (Phi) is 7.09. The van der Waals surface area contributed by atoms with Crippen molar-refractivity contribution in [3.05, 3.63) is 22.2 Å². The Morgan fingerprint density at radius 3 is 2.50 bits per heavy atom. The number of benzene rings is 1. The van der Waals surface area contributed by atoms with E-state index in [1.165, 1.54) is 12.1 Å². The first kappa shape index (κ1) is 17.0. The van der Waals surface area contributed by atoms with Crippen LogP contribution in [-0.4, -0.2) is 42.2 Å². The van der Waals surface area contributed by atoms with Crippen molar-refractivity contribution < 1.29 is 9.90 Å². The van der Waals surface area contributed by atoms with E-state index in [1.807, 2.05) is 11.8 Å². The van der Waals surface area contributed by atoms with Crippen LogP contribution in [0.5, 0.6) is 0 Å². The van der Waals surface area contributed by atoms with E-state index in [9.17, 15) is 4.79 Å². The molecule has 0 bridgehead atoms. The summed E-state index contributed by atoms with van der Waals surface area (Å²) in [5, 5.41) is 12.1. The third-order valence-corrected chi connectivity index (χ3v) is 3.37. The second-order valence-corrected chi connectivity index (χ2v) is 5.17. The number of amides is 1. The molecule has 1 rings (SSSR count). The van der Waals surface area contributed by atoms with E-state index in [0.717, 1.165) is 6.54 Å². The average Bonchev–Trinajstić information content (AvgIpc) is 2.38. The van der Waals surface area contributed by atoms with Crippen molar-refractivity contribution in [2.45, 2.75) is 13.3 Å². The molecule has 0 heterocycles. The van der Waals surface area contributed by atoms with Gasteiger partial charge in [0.05, 0.1) is 22.3 Å². The summed E-state index contributed by atoms with van der Waals surface area (Å²) in [6.45, 7) is 3.65. The zero-order valence-corrected chi connectivity index (χ0v) is 12.8. The molecule has 112 valence electrons. The summed E-state index contributed by atoms with van der Waals surface area (Å²) < 4.78 is 0. The number of halogens is 2. The molecular weight excluding hydrogens is 301 g/mol. The minimum absolute atomic E-state index is 0.105. The van der Waals surface area contributed by atoms with E-state index in [-0.39, 0.29) is 19.1 Å².